The van der Waals surface area contributed by atoms with Crippen molar-refractivity contribution < 1.29 is 9.59 Å². The Morgan fingerprint density at radius 1 is 1.43 bits per heavy atom. The van der Waals surface area contributed by atoms with Gasteiger partial charge in [0.25, 0.3) is 5.91 Å². The van der Waals surface area contributed by atoms with Crippen LogP contribution in [0.5, 0.6) is 0 Å². The van der Waals surface area contributed by atoms with E-state index in [4.69, 9.17) is 0 Å². The van der Waals surface area contributed by atoms with E-state index in [2.05, 4.69) is 20.7 Å². The molecular formula is C14H15N5O2. The monoisotopic (exact) mass is 285 g/mol. The Hall–Kier alpha value is -2.70. The number of carbonyl (C=O) groups is 2. The second-order valence-corrected chi connectivity index (χ2v) is 4.94. The van der Waals surface area contributed by atoms with Crippen LogP contribution in [0.4, 0.5) is 5.69 Å². The fraction of sp³-hybridized carbons (Fsp3) is 0.286. The summed E-state index contributed by atoms with van der Waals surface area (Å²) < 4.78 is 1.59. The Balaban J connectivity index is 1.69. The average molecular weight is 285 g/mol. The normalized spacial score (nSPS) is 13.5. The first-order valence-corrected chi connectivity index (χ1v) is 6.67. The summed E-state index contributed by atoms with van der Waals surface area (Å²) in [4.78, 5) is 27.5. The van der Waals surface area contributed by atoms with Gasteiger partial charge in [-0.1, -0.05) is 0 Å². The van der Waals surface area contributed by atoms with E-state index in [9.17, 15) is 9.59 Å². The standard InChI is InChI=1S/C14H15N5O2/c1-19-8-16-12(18-19)7-15-14(21)10-2-4-11-9(6-10)3-5-13(20)17-11/h2,4,6,8H,3,5,7H2,1H3,(H,15,21)(H,17,20). The molecule has 0 atom stereocenters. The summed E-state index contributed by atoms with van der Waals surface area (Å²) in [6.07, 6.45) is 2.70. The predicted molar refractivity (Wildman–Crippen MR) is 75.6 cm³/mol. The third-order valence-corrected chi connectivity index (χ3v) is 3.32. The number of aromatic nitrogens is 3. The van der Waals surface area contributed by atoms with Gasteiger partial charge < -0.3 is 10.6 Å². The summed E-state index contributed by atoms with van der Waals surface area (Å²) >= 11 is 0. The highest BCUT2D eigenvalue weighted by Crippen LogP contribution is 2.23. The Labute approximate surface area is 121 Å². The van der Waals surface area contributed by atoms with Crippen LogP contribution in [0.25, 0.3) is 0 Å². The van der Waals surface area contributed by atoms with Crippen LogP contribution in [0.15, 0.2) is 24.5 Å². The average Bonchev–Trinajstić information content (AvgIpc) is 2.90. The van der Waals surface area contributed by atoms with Crippen LogP contribution < -0.4 is 10.6 Å². The molecule has 2 N–H and O–H groups in total. The third-order valence-electron chi connectivity index (χ3n) is 3.32. The molecule has 1 aliphatic heterocycles. The lowest BCUT2D eigenvalue weighted by Gasteiger charge is -2.17. The van der Waals surface area contributed by atoms with E-state index < -0.39 is 0 Å². The van der Waals surface area contributed by atoms with Gasteiger partial charge in [0.2, 0.25) is 5.91 Å². The van der Waals surface area contributed by atoms with Crippen LogP contribution >= 0.6 is 0 Å². The molecule has 0 saturated carbocycles. The Kier molecular flexibility index (Phi) is 3.39. The number of nitrogens with zero attached hydrogens (tertiary/aromatic N) is 3. The van der Waals surface area contributed by atoms with Crippen LogP contribution in [-0.4, -0.2) is 26.6 Å². The van der Waals surface area contributed by atoms with E-state index >= 15 is 0 Å². The van der Waals surface area contributed by atoms with Crippen LogP contribution in [-0.2, 0) is 24.8 Å². The van der Waals surface area contributed by atoms with Gasteiger partial charge in [-0.15, -0.1) is 0 Å². The third kappa shape index (κ3) is 2.91. The Bertz CT molecular complexity index is 707. The summed E-state index contributed by atoms with van der Waals surface area (Å²) in [6, 6.07) is 5.28. The largest absolute Gasteiger partial charge is 0.345 e. The van der Waals surface area contributed by atoms with Crippen molar-refractivity contribution in [2.75, 3.05) is 5.32 Å². The highest BCUT2D eigenvalue weighted by molar-refractivity contribution is 5.97. The fourth-order valence-corrected chi connectivity index (χ4v) is 2.25. The SMILES string of the molecule is Cn1cnc(CNC(=O)c2ccc3c(c2)CCC(=O)N3)n1. The second kappa shape index (κ2) is 5.35. The van der Waals surface area contributed by atoms with E-state index in [1.165, 1.54) is 0 Å². The second-order valence-electron chi connectivity index (χ2n) is 4.94. The molecule has 7 nitrogen and oxygen atoms in total. The zero-order chi connectivity index (χ0) is 14.8. The molecule has 1 aromatic carbocycles. The molecule has 108 valence electrons. The molecule has 0 saturated heterocycles. The first-order valence-electron chi connectivity index (χ1n) is 6.67. The molecule has 0 fully saturated rings. The number of hydrogen-bond donors (Lipinski definition) is 2. The molecule has 2 amide bonds. The van der Waals surface area contributed by atoms with Crippen LogP contribution in [0.3, 0.4) is 0 Å². The number of aryl methyl sites for hydroxylation is 2. The van der Waals surface area contributed by atoms with Crippen LogP contribution in [0.2, 0.25) is 0 Å². The molecular weight excluding hydrogens is 270 g/mol. The van der Waals surface area contributed by atoms with Crippen molar-refractivity contribution in [2.24, 2.45) is 7.05 Å². The van der Waals surface area contributed by atoms with Gasteiger partial charge in [-0.25, -0.2) is 4.98 Å². The minimum absolute atomic E-state index is 0.0147. The maximum absolute atomic E-state index is 12.1. The van der Waals surface area contributed by atoms with E-state index in [-0.39, 0.29) is 18.4 Å². The first kappa shape index (κ1) is 13.3. The molecule has 0 aliphatic carbocycles. The number of fused-ring (bicyclic) bond motifs is 1. The molecule has 7 heteroatoms. The quantitative estimate of drug-likeness (QED) is 0.865. The lowest BCUT2D eigenvalue weighted by atomic mass is 10.00. The van der Waals surface area contributed by atoms with Crippen LogP contribution in [0, 0.1) is 0 Å². The molecule has 2 heterocycles. The number of hydrogen-bond acceptors (Lipinski definition) is 4. The highest BCUT2D eigenvalue weighted by Gasteiger charge is 2.16. The van der Waals surface area contributed by atoms with Gasteiger partial charge >= 0.3 is 0 Å². The van der Waals surface area contributed by atoms with Gasteiger partial charge in [-0.05, 0) is 30.2 Å². The maximum atomic E-state index is 12.1. The van der Waals surface area contributed by atoms with Gasteiger partial charge in [-0.3, -0.25) is 14.3 Å². The van der Waals surface area contributed by atoms with Gasteiger partial charge in [0.15, 0.2) is 5.82 Å². The molecule has 0 unspecified atom stereocenters. The molecule has 1 aliphatic rings. The molecule has 3 rings (SSSR count). The van der Waals surface area contributed by atoms with Gasteiger partial charge in [-0.2, -0.15) is 5.10 Å². The number of benzene rings is 1. The predicted octanol–water partition coefficient (Wildman–Crippen LogP) is 0.630. The molecule has 0 radical (unpaired) electrons. The van der Waals surface area contributed by atoms with Crippen molar-refractivity contribution in [3.63, 3.8) is 0 Å². The number of nitrogens with one attached hydrogen (secondary N) is 2. The number of anilines is 1. The smallest absolute Gasteiger partial charge is 0.251 e. The Morgan fingerprint density at radius 2 is 2.29 bits per heavy atom. The molecule has 21 heavy (non-hydrogen) atoms. The molecule has 2 aromatic rings. The molecule has 1 aromatic heterocycles. The van der Waals surface area contributed by atoms with E-state index in [1.807, 2.05) is 6.07 Å². The number of carbonyl (C=O) groups excluding carboxylic acids is 2. The van der Waals surface area contributed by atoms with E-state index in [1.54, 1.807) is 30.2 Å². The van der Waals surface area contributed by atoms with Gasteiger partial charge in [0, 0.05) is 24.7 Å². The minimum Gasteiger partial charge on any atom is -0.345 e. The highest BCUT2D eigenvalue weighted by atomic mass is 16.2. The van der Waals surface area contributed by atoms with Crippen molar-refractivity contribution in [1.82, 2.24) is 20.1 Å². The maximum Gasteiger partial charge on any atom is 0.251 e. The van der Waals surface area contributed by atoms with Crippen molar-refractivity contribution in [3.8, 4) is 0 Å². The summed E-state index contributed by atoms with van der Waals surface area (Å²) in [7, 11) is 1.77. The number of rotatable bonds is 3. The molecule has 0 bridgehead atoms. The van der Waals surface area contributed by atoms with Gasteiger partial charge in [0.05, 0.1) is 6.54 Å². The molecule has 0 spiro atoms. The van der Waals surface area contributed by atoms with Crippen molar-refractivity contribution in [3.05, 3.63) is 41.5 Å². The lowest BCUT2D eigenvalue weighted by molar-refractivity contribution is -0.116. The summed E-state index contributed by atoms with van der Waals surface area (Å²) in [5, 5.41) is 9.67. The van der Waals surface area contributed by atoms with Crippen molar-refractivity contribution >= 4 is 17.5 Å². The fourth-order valence-electron chi connectivity index (χ4n) is 2.25. The van der Waals surface area contributed by atoms with Gasteiger partial charge in [0.1, 0.15) is 6.33 Å². The minimum atomic E-state index is -0.179. The van der Waals surface area contributed by atoms with Crippen molar-refractivity contribution in [1.29, 1.82) is 0 Å². The zero-order valence-corrected chi connectivity index (χ0v) is 11.6. The summed E-state index contributed by atoms with van der Waals surface area (Å²) in [5.74, 6) is 0.402. The summed E-state index contributed by atoms with van der Waals surface area (Å²) in [5.41, 5.74) is 2.34. The summed E-state index contributed by atoms with van der Waals surface area (Å²) in [6.45, 7) is 0.285. The van der Waals surface area contributed by atoms with Crippen LogP contribution in [0.1, 0.15) is 28.2 Å². The zero-order valence-electron chi connectivity index (χ0n) is 11.6. The van der Waals surface area contributed by atoms with Crippen molar-refractivity contribution in [2.45, 2.75) is 19.4 Å². The first-order chi connectivity index (χ1) is 10.1. The van der Waals surface area contributed by atoms with E-state index in [0.29, 0.717) is 24.2 Å². The topological polar surface area (TPSA) is 88.9 Å². The number of amides is 2. The lowest BCUT2D eigenvalue weighted by Crippen LogP contribution is -2.24. The Morgan fingerprint density at radius 3 is 3.05 bits per heavy atom. The van der Waals surface area contributed by atoms with E-state index in [0.717, 1.165) is 11.3 Å².